The van der Waals surface area contributed by atoms with Gasteiger partial charge in [0.1, 0.15) is 0 Å². The quantitative estimate of drug-likeness (QED) is 0.743. The first-order valence-electron chi connectivity index (χ1n) is 5.83. The van der Waals surface area contributed by atoms with E-state index in [1.54, 1.807) is 4.90 Å². The molecule has 0 unspecified atom stereocenters. The normalized spacial score (nSPS) is 16.3. The fourth-order valence-electron chi connectivity index (χ4n) is 1.44. The molecule has 1 N–H and O–H groups in total. The summed E-state index contributed by atoms with van der Waals surface area (Å²) >= 11 is 0. The van der Waals surface area contributed by atoms with Gasteiger partial charge in [0.15, 0.2) is 0 Å². The van der Waals surface area contributed by atoms with Gasteiger partial charge in [-0.15, -0.1) is 0 Å². The fourth-order valence-corrected chi connectivity index (χ4v) is 1.44. The third-order valence-corrected chi connectivity index (χ3v) is 2.84. The Hall–Kier alpha value is -0.990. The van der Waals surface area contributed by atoms with Gasteiger partial charge in [0.05, 0.1) is 0 Å². The summed E-state index contributed by atoms with van der Waals surface area (Å²) in [5, 5.41) is 2.84. The van der Waals surface area contributed by atoms with Crippen molar-refractivity contribution in [2.45, 2.75) is 39.5 Å². The van der Waals surface area contributed by atoms with Crippen molar-refractivity contribution >= 4 is 6.03 Å². The highest BCUT2D eigenvalue weighted by molar-refractivity contribution is 5.74. The average Bonchev–Trinajstić information content (AvgIpc) is 3.05. The lowest BCUT2D eigenvalue weighted by molar-refractivity contribution is 0.212. The van der Waals surface area contributed by atoms with Crippen LogP contribution < -0.4 is 5.32 Å². The SMILES string of the molecule is CCCCN(C)C(=O)N/C=C(\C)C1CC1. The molecule has 1 rings (SSSR count). The highest BCUT2D eigenvalue weighted by Gasteiger charge is 2.22. The van der Waals surface area contributed by atoms with Gasteiger partial charge < -0.3 is 10.2 Å². The highest BCUT2D eigenvalue weighted by Crippen LogP contribution is 2.35. The van der Waals surface area contributed by atoms with Crippen LogP contribution in [0.1, 0.15) is 39.5 Å². The maximum Gasteiger partial charge on any atom is 0.321 e. The lowest BCUT2D eigenvalue weighted by atomic mass is 10.2. The van der Waals surface area contributed by atoms with Crippen molar-refractivity contribution in [1.82, 2.24) is 10.2 Å². The van der Waals surface area contributed by atoms with Gasteiger partial charge in [-0.25, -0.2) is 4.79 Å². The first kappa shape index (κ1) is 12.1. The van der Waals surface area contributed by atoms with Crippen molar-refractivity contribution in [3.05, 3.63) is 11.8 Å². The topological polar surface area (TPSA) is 32.3 Å². The summed E-state index contributed by atoms with van der Waals surface area (Å²) in [6.45, 7) is 5.05. The molecule has 0 atom stereocenters. The van der Waals surface area contributed by atoms with Crippen LogP contribution >= 0.6 is 0 Å². The molecule has 0 spiro atoms. The molecule has 0 heterocycles. The number of carbonyl (C=O) groups is 1. The minimum atomic E-state index is 0.00319. The maximum absolute atomic E-state index is 11.6. The molecule has 1 aliphatic carbocycles. The number of hydrogen-bond donors (Lipinski definition) is 1. The molecule has 3 nitrogen and oxygen atoms in total. The van der Waals surface area contributed by atoms with Crippen molar-refractivity contribution in [2.75, 3.05) is 13.6 Å². The van der Waals surface area contributed by atoms with Crippen molar-refractivity contribution in [3.8, 4) is 0 Å². The first-order chi connectivity index (χ1) is 7.15. The molecule has 15 heavy (non-hydrogen) atoms. The smallest absolute Gasteiger partial charge is 0.321 e. The lowest BCUT2D eigenvalue weighted by Crippen LogP contribution is -2.35. The van der Waals surface area contributed by atoms with Crippen molar-refractivity contribution in [1.29, 1.82) is 0 Å². The summed E-state index contributed by atoms with van der Waals surface area (Å²) in [6, 6.07) is 0.00319. The van der Waals surface area contributed by atoms with Crippen LogP contribution in [0.5, 0.6) is 0 Å². The van der Waals surface area contributed by atoms with E-state index in [1.807, 2.05) is 13.2 Å². The van der Waals surface area contributed by atoms with E-state index in [0.717, 1.165) is 25.3 Å². The number of nitrogens with zero attached hydrogens (tertiary/aromatic N) is 1. The summed E-state index contributed by atoms with van der Waals surface area (Å²) in [6.07, 6.45) is 6.61. The summed E-state index contributed by atoms with van der Waals surface area (Å²) < 4.78 is 0. The Morgan fingerprint density at radius 3 is 2.73 bits per heavy atom. The Labute approximate surface area is 92.5 Å². The summed E-state index contributed by atoms with van der Waals surface area (Å²) in [7, 11) is 1.84. The molecule has 2 amide bonds. The van der Waals surface area contributed by atoms with E-state index in [-0.39, 0.29) is 6.03 Å². The highest BCUT2D eigenvalue weighted by atomic mass is 16.2. The predicted molar refractivity (Wildman–Crippen MR) is 62.6 cm³/mol. The molecule has 0 bridgehead atoms. The molecular weight excluding hydrogens is 188 g/mol. The molecule has 1 saturated carbocycles. The van der Waals surface area contributed by atoms with Gasteiger partial charge in [-0.2, -0.15) is 0 Å². The summed E-state index contributed by atoms with van der Waals surface area (Å²) in [5.41, 5.74) is 1.30. The second-order valence-corrected chi connectivity index (χ2v) is 4.39. The molecule has 3 heteroatoms. The second-order valence-electron chi connectivity index (χ2n) is 4.39. The fraction of sp³-hybridized carbons (Fsp3) is 0.750. The van der Waals surface area contributed by atoms with Gasteiger partial charge in [0.25, 0.3) is 0 Å². The van der Waals surface area contributed by atoms with Gasteiger partial charge in [0.2, 0.25) is 0 Å². The molecule has 0 aromatic heterocycles. The van der Waals surface area contributed by atoms with Crippen molar-refractivity contribution < 1.29 is 4.79 Å². The summed E-state index contributed by atoms with van der Waals surface area (Å²) in [5.74, 6) is 0.728. The zero-order valence-corrected chi connectivity index (χ0v) is 10.0. The number of hydrogen-bond acceptors (Lipinski definition) is 1. The second kappa shape index (κ2) is 5.79. The van der Waals surface area contributed by atoms with E-state index in [1.165, 1.54) is 18.4 Å². The van der Waals surface area contributed by atoms with Crippen LogP contribution in [0.4, 0.5) is 4.79 Å². The van der Waals surface area contributed by atoms with E-state index in [9.17, 15) is 4.79 Å². The molecule has 0 radical (unpaired) electrons. The Balaban J connectivity index is 2.24. The van der Waals surface area contributed by atoms with Crippen molar-refractivity contribution in [3.63, 3.8) is 0 Å². The van der Waals surface area contributed by atoms with E-state index >= 15 is 0 Å². The Kier molecular flexibility index (Phi) is 4.66. The van der Waals surface area contributed by atoms with Crippen LogP contribution in [0.25, 0.3) is 0 Å². The van der Waals surface area contributed by atoms with Crippen LogP contribution in [0, 0.1) is 5.92 Å². The van der Waals surface area contributed by atoms with E-state index in [4.69, 9.17) is 0 Å². The number of unbranched alkanes of at least 4 members (excludes halogenated alkanes) is 1. The largest absolute Gasteiger partial charge is 0.328 e. The van der Waals surface area contributed by atoms with Crippen LogP contribution in [0.15, 0.2) is 11.8 Å². The molecule has 0 aromatic carbocycles. The molecule has 0 saturated heterocycles. The van der Waals surface area contributed by atoms with Crippen molar-refractivity contribution in [2.24, 2.45) is 5.92 Å². The molecule has 1 fully saturated rings. The molecule has 0 aromatic rings. The number of rotatable bonds is 5. The monoisotopic (exact) mass is 210 g/mol. The van der Waals surface area contributed by atoms with Gasteiger partial charge >= 0.3 is 6.03 Å². The first-order valence-corrected chi connectivity index (χ1v) is 5.83. The zero-order valence-electron chi connectivity index (χ0n) is 10.0. The van der Waals surface area contributed by atoms with E-state index in [2.05, 4.69) is 19.2 Å². The van der Waals surface area contributed by atoms with E-state index in [0.29, 0.717) is 0 Å². The molecule has 1 aliphatic rings. The number of amides is 2. The Morgan fingerprint density at radius 2 is 2.20 bits per heavy atom. The van der Waals surface area contributed by atoms with Gasteiger partial charge in [0, 0.05) is 19.8 Å². The maximum atomic E-state index is 11.6. The number of nitrogens with one attached hydrogen (secondary N) is 1. The van der Waals surface area contributed by atoms with Gasteiger partial charge in [-0.3, -0.25) is 0 Å². The van der Waals surface area contributed by atoms with Crippen LogP contribution in [-0.4, -0.2) is 24.5 Å². The van der Waals surface area contributed by atoms with Crippen LogP contribution in [0.3, 0.4) is 0 Å². The number of allylic oxidation sites excluding steroid dienone is 1. The summed E-state index contributed by atoms with van der Waals surface area (Å²) in [4.78, 5) is 13.3. The van der Waals surface area contributed by atoms with Crippen LogP contribution in [0.2, 0.25) is 0 Å². The predicted octanol–water partition coefficient (Wildman–Crippen LogP) is 2.74. The van der Waals surface area contributed by atoms with E-state index < -0.39 is 0 Å². The minimum absolute atomic E-state index is 0.00319. The molecule has 0 aliphatic heterocycles. The third kappa shape index (κ3) is 4.36. The standard InChI is InChI=1S/C12H22N2O/c1-4-5-8-14(3)12(15)13-9-10(2)11-6-7-11/h9,11H,4-8H2,1-3H3,(H,13,15)/b10-9+. The van der Waals surface area contributed by atoms with Crippen LogP contribution in [-0.2, 0) is 0 Å². The molecular formula is C12H22N2O. The number of carbonyl (C=O) groups excluding carboxylic acids is 1. The lowest BCUT2D eigenvalue weighted by Gasteiger charge is -2.16. The van der Waals surface area contributed by atoms with Gasteiger partial charge in [-0.1, -0.05) is 18.9 Å². The average molecular weight is 210 g/mol. The third-order valence-electron chi connectivity index (χ3n) is 2.84. The van der Waals surface area contributed by atoms with Gasteiger partial charge in [-0.05, 0) is 32.1 Å². The number of urea groups is 1. The Morgan fingerprint density at radius 1 is 1.53 bits per heavy atom. The minimum Gasteiger partial charge on any atom is -0.328 e. The zero-order chi connectivity index (χ0) is 11.3. The Bertz CT molecular complexity index is 244. The molecule has 86 valence electrons.